The smallest absolute Gasteiger partial charge is 0.261 e. The number of nitrogens with zero attached hydrogens (tertiary/aromatic N) is 3. The standard InChI is InChI=1S/C22H24FN5O2/c1-14-9-28-10-16(19(30-2)8-20(28)25-14)21(29)26-18-4-3-15(7-17(18)23)27-6-5-22(13-27)11-24-12-22/h3-4,7-10,24H,5-6,11-13H2,1-2H3,(H,26,29). The van der Waals surface area contributed by atoms with Gasteiger partial charge in [0.05, 0.1) is 24.1 Å². The molecule has 1 amide bonds. The molecule has 2 N–H and O–H groups in total. The predicted molar refractivity (Wildman–Crippen MR) is 113 cm³/mol. The van der Waals surface area contributed by atoms with Crippen molar-refractivity contribution in [1.29, 1.82) is 0 Å². The molecule has 0 aliphatic carbocycles. The summed E-state index contributed by atoms with van der Waals surface area (Å²) in [5, 5.41) is 6.00. The summed E-state index contributed by atoms with van der Waals surface area (Å²) < 4.78 is 21.9. The highest BCUT2D eigenvalue weighted by Gasteiger charge is 2.43. The first-order valence-corrected chi connectivity index (χ1v) is 10.1. The Morgan fingerprint density at radius 2 is 2.13 bits per heavy atom. The highest BCUT2D eigenvalue weighted by molar-refractivity contribution is 6.06. The number of benzene rings is 1. The Balaban J connectivity index is 1.36. The second-order valence-corrected chi connectivity index (χ2v) is 8.30. The van der Waals surface area contributed by atoms with Crippen molar-refractivity contribution in [2.45, 2.75) is 13.3 Å². The number of imidazole rings is 1. The van der Waals surface area contributed by atoms with Crippen molar-refractivity contribution < 1.29 is 13.9 Å². The first kappa shape index (κ1) is 18.9. The van der Waals surface area contributed by atoms with E-state index in [2.05, 4.69) is 20.5 Å². The normalized spacial score (nSPS) is 17.4. The fourth-order valence-electron chi connectivity index (χ4n) is 4.40. The molecule has 0 radical (unpaired) electrons. The highest BCUT2D eigenvalue weighted by atomic mass is 19.1. The third-order valence-corrected chi connectivity index (χ3v) is 6.14. The lowest BCUT2D eigenvalue weighted by Gasteiger charge is -2.39. The molecule has 0 atom stereocenters. The largest absolute Gasteiger partial charge is 0.496 e. The van der Waals surface area contributed by atoms with Crippen molar-refractivity contribution in [2.24, 2.45) is 5.41 Å². The van der Waals surface area contributed by atoms with Crippen LogP contribution in [0.3, 0.4) is 0 Å². The van der Waals surface area contributed by atoms with Crippen LogP contribution < -0.4 is 20.3 Å². The van der Waals surface area contributed by atoms with E-state index >= 15 is 0 Å². The van der Waals surface area contributed by atoms with E-state index in [1.165, 1.54) is 13.2 Å². The Labute approximate surface area is 173 Å². The van der Waals surface area contributed by atoms with Crippen LogP contribution in [-0.4, -0.2) is 48.6 Å². The van der Waals surface area contributed by atoms with Crippen LogP contribution in [0.4, 0.5) is 15.8 Å². The summed E-state index contributed by atoms with van der Waals surface area (Å²) in [6.07, 6.45) is 4.59. The van der Waals surface area contributed by atoms with Gasteiger partial charge in [0.1, 0.15) is 17.2 Å². The van der Waals surface area contributed by atoms with Crippen LogP contribution >= 0.6 is 0 Å². The molecule has 1 aromatic carbocycles. The third kappa shape index (κ3) is 3.17. The molecule has 3 aromatic rings. The molecule has 4 heterocycles. The van der Waals surface area contributed by atoms with Crippen LogP contribution in [0.25, 0.3) is 5.65 Å². The molecule has 7 nitrogen and oxygen atoms in total. The molecule has 2 aliphatic heterocycles. The maximum absolute atomic E-state index is 14.8. The number of hydrogen-bond acceptors (Lipinski definition) is 5. The van der Waals surface area contributed by atoms with Gasteiger partial charge >= 0.3 is 0 Å². The van der Waals surface area contributed by atoms with Gasteiger partial charge in [0.15, 0.2) is 0 Å². The number of aryl methyl sites for hydroxylation is 1. The third-order valence-electron chi connectivity index (χ3n) is 6.14. The zero-order valence-corrected chi connectivity index (χ0v) is 17.0. The molecule has 0 bridgehead atoms. The zero-order valence-electron chi connectivity index (χ0n) is 17.0. The van der Waals surface area contributed by atoms with Crippen molar-refractivity contribution in [1.82, 2.24) is 14.7 Å². The number of ether oxygens (including phenoxy) is 1. The lowest BCUT2D eigenvalue weighted by Crippen LogP contribution is -2.54. The first-order valence-electron chi connectivity index (χ1n) is 10.1. The van der Waals surface area contributed by atoms with Crippen LogP contribution in [0.2, 0.25) is 0 Å². The number of nitrogens with one attached hydrogen (secondary N) is 2. The molecule has 156 valence electrons. The van der Waals surface area contributed by atoms with Crippen LogP contribution in [0.5, 0.6) is 5.75 Å². The number of carbonyl (C=O) groups excluding carboxylic acids is 1. The number of rotatable bonds is 4. The maximum Gasteiger partial charge on any atom is 0.261 e. The Kier molecular flexibility index (Phi) is 4.39. The van der Waals surface area contributed by atoms with Crippen LogP contribution in [-0.2, 0) is 0 Å². The molecule has 2 aliphatic rings. The molecular weight excluding hydrogens is 385 g/mol. The molecule has 8 heteroatoms. The Morgan fingerprint density at radius 1 is 1.30 bits per heavy atom. The van der Waals surface area contributed by atoms with Gasteiger partial charge in [0.2, 0.25) is 0 Å². The average Bonchev–Trinajstić information content (AvgIpc) is 3.31. The summed E-state index contributed by atoms with van der Waals surface area (Å²) in [4.78, 5) is 19.4. The molecule has 0 unspecified atom stereocenters. The summed E-state index contributed by atoms with van der Waals surface area (Å²) in [6.45, 7) is 5.80. The van der Waals surface area contributed by atoms with Gasteiger partial charge in [0, 0.05) is 55.7 Å². The highest BCUT2D eigenvalue weighted by Crippen LogP contribution is 2.37. The van der Waals surface area contributed by atoms with Gasteiger partial charge in [-0.15, -0.1) is 0 Å². The lowest BCUT2D eigenvalue weighted by atomic mass is 9.81. The van der Waals surface area contributed by atoms with Crippen molar-refractivity contribution in [3.05, 3.63) is 53.7 Å². The van der Waals surface area contributed by atoms with E-state index in [0.29, 0.717) is 22.4 Å². The summed E-state index contributed by atoms with van der Waals surface area (Å²) in [5.41, 5.74) is 3.16. The van der Waals surface area contributed by atoms with E-state index < -0.39 is 11.7 Å². The van der Waals surface area contributed by atoms with Crippen LogP contribution in [0, 0.1) is 18.2 Å². The average molecular weight is 409 g/mol. The molecular formula is C22H24FN5O2. The van der Waals surface area contributed by atoms with Crippen molar-refractivity contribution in [3.63, 3.8) is 0 Å². The lowest BCUT2D eigenvalue weighted by molar-refractivity contribution is 0.102. The summed E-state index contributed by atoms with van der Waals surface area (Å²) in [6, 6.07) is 6.68. The SMILES string of the molecule is COc1cc2nc(C)cn2cc1C(=O)Nc1ccc(N2CCC3(CNC3)C2)cc1F. The van der Waals surface area contributed by atoms with Crippen molar-refractivity contribution in [2.75, 3.05) is 43.5 Å². The first-order chi connectivity index (χ1) is 14.5. The monoisotopic (exact) mass is 409 g/mol. The zero-order chi connectivity index (χ0) is 20.9. The van der Waals surface area contributed by atoms with Gasteiger partial charge in [-0.05, 0) is 31.5 Å². The van der Waals surface area contributed by atoms with E-state index in [-0.39, 0.29) is 5.69 Å². The Bertz CT molecular complexity index is 1140. The van der Waals surface area contributed by atoms with E-state index in [1.807, 2.05) is 19.2 Å². The van der Waals surface area contributed by atoms with Gasteiger partial charge in [-0.25, -0.2) is 9.37 Å². The molecule has 1 spiro atoms. The second kappa shape index (κ2) is 6.98. The molecule has 0 saturated carbocycles. The molecule has 30 heavy (non-hydrogen) atoms. The van der Waals surface area contributed by atoms with E-state index in [0.717, 1.165) is 44.0 Å². The molecule has 2 saturated heterocycles. The number of hydrogen-bond donors (Lipinski definition) is 2. The number of anilines is 2. The topological polar surface area (TPSA) is 70.9 Å². The number of amides is 1. The Hall–Kier alpha value is -3.13. The quantitative estimate of drug-likeness (QED) is 0.694. The van der Waals surface area contributed by atoms with Gasteiger partial charge in [-0.3, -0.25) is 4.79 Å². The molecule has 2 aromatic heterocycles. The fraction of sp³-hybridized carbons (Fsp3) is 0.364. The van der Waals surface area contributed by atoms with E-state index in [9.17, 15) is 9.18 Å². The second-order valence-electron chi connectivity index (χ2n) is 8.30. The summed E-state index contributed by atoms with van der Waals surface area (Å²) >= 11 is 0. The van der Waals surface area contributed by atoms with Gasteiger partial charge in [0.25, 0.3) is 5.91 Å². The molecule has 5 rings (SSSR count). The van der Waals surface area contributed by atoms with Gasteiger partial charge in [-0.1, -0.05) is 0 Å². The van der Waals surface area contributed by atoms with Crippen LogP contribution in [0.15, 0.2) is 36.7 Å². The van der Waals surface area contributed by atoms with E-state index in [1.54, 1.807) is 22.7 Å². The van der Waals surface area contributed by atoms with Crippen molar-refractivity contribution in [3.8, 4) is 5.75 Å². The number of methoxy groups -OCH3 is 1. The summed E-state index contributed by atoms with van der Waals surface area (Å²) in [5.74, 6) is -0.501. The Morgan fingerprint density at radius 3 is 2.80 bits per heavy atom. The predicted octanol–water partition coefficient (Wildman–Crippen LogP) is 2.84. The minimum atomic E-state index is -0.452. The number of halogens is 1. The number of pyridine rings is 1. The van der Waals surface area contributed by atoms with E-state index in [4.69, 9.17) is 4.74 Å². The van der Waals surface area contributed by atoms with Crippen molar-refractivity contribution >= 4 is 22.9 Å². The van der Waals surface area contributed by atoms with Crippen LogP contribution in [0.1, 0.15) is 22.5 Å². The van der Waals surface area contributed by atoms with Gasteiger partial charge < -0.3 is 24.7 Å². The molecule has 2 fully saturated rings. The number of fused-ring (bicyclic) bond motifs is 1. The minimum Gasteiger partial charge on any atom is -0.496 e. The maximum atomic E-state index is 14.8. The minimum absolute atomic E-state index is 0.145. The fourth-order valence-corrected chi connectivity index (χ4v) is 4.40. The number of carbonyl (C=O) groups is 1. The summed E-state index contributed by atoms with van der Waals surface area (Å²) in [7, 11) is 1.49. The van der Waals surface area contributed by atoms with Gasteiger partial charge in [-0.2, -0.15) is 0 Å². The number of aromatic nitrogens is 2.